The predicted octanol–water partition coefficient (Wildman–Crippen LogP) is -4.02. The summed E-state index contributed by atoms with van der Waals surface area (Å²) in [6, 6.07) is -1.97. The van der Waals surface area contributed by atoms with Crippen LogP contribution in [0.2, 0.25) is 0 Å². The van der Waals surface area contributed by atoms with Gasteiger partial charge in [-0.3, -0.25) is 9.36 Å². The van der Waals surface area contributed by atoms with Gasteiger partial charge >= 0.3 is 15.4 Å². The molecule has 1 aliphatic rings. The zero-order chi connectivity index (χ0) is 18.2. The van der Waals surface area contributed by atoms with Crippen LogP contribution in [0.15, 0.2) is 0 Å². The Morgan fingerprint density at radius 2 is 1.74 bits per heavy atom. The fourth-order valence-corrected chi connectivity index (χ4v) is 4.08. The minimum atomic E-state index is -5.41. The summed E-state index contributed by atoms with van der Waals surface area (Å²) in [6.07, 6.45) is -6.94. The first-order valence-corrected chi connectivity index (χ1v) is 9.27. The highest BCUT2D eigenvalue weighted by Crippen LogP contribution is 2.57. The lowest BCUT2D eigenvalue weighted by Gasteiger charge is -2.45. The van der Waals surface area contributed by atoms with Crippen LogP contribution in [-0.2, 0) is 23.0 Å². The first-order chi connectivity index (χ1) is 10.2. The van der Waals surface area contributed by atoms with Crippen molar-refractivity contribution in [2.75, 3.05) is 12.8 Å². The number of aliphatic hydroxyl groups excluding tert-OH is 3. The number of nitrogens with two attached hydrogens (primary N) is 1. The molecule has 136 valence electrons. The Balaban J connectivity index is 3.00. The number of aliphatic hydroxyl groups is 4. The van der Waals surface area contributed by atoms with Crippen molar-refractivity contribution in [1.29, 1.82) is 0 Å². The number of Topliss-reactive ketones (excluding diaryl/α,β-unsaturated/α-hetero) is 1. The summed E-state index contributed by atoms with van der Waals surface area (Å²) in [5.41, 5.74) is 5.36. The molecule has 0 aromatic carbocycles. The summed E-state index contributed by atoms with van der Waals surface area (Å²) in [6.45, 7) is -0.934. The molecule has 0 saturated carbocycles. The van der Waals surface area contributed by atoms with Crippen molar-refractivity contribution < 1.29 is 58.1 Å². The first-order valence-electron chi connectivity index (χ1n) is 5.98. The second-order valence-corrected chi connectivity index (χ2v) is 8.06. The fourth-order valence-electron chi connectivity index (χ4n) is 1.93. The molecule has 23 heavy (non-hydrogen) atoms. The van der Waals surface area contributed by atoms with Gasteiger partial charge in [0, 0.05) is 0 Å². The number of hydrogen-bond acceptors (Lipinski definition) is 10. The molecule has 1 aliphatic heterocycles. The molecule has 9 N–H and O–H groups in total. The minimum Gasteiger partial charge on any atom is -0.394 e. The van der Waals surface area contributed by atoms with Crippen LogP contribution in [0, 0.1) is 0 Å². The molecule has 0 aromatic heterocycles. The molecule has 15 heteroatoms. The Morgan fingerprint density at radius 1 is 1.22 bits per heavy atom. The summed E-state index contributed by atoms with van der Waals surface area (Å²) in [7, 11) is -10.6. The maximum absolute atomic E-state index is 12.0. The van der Waals surface area contributed by atoms with Gasteiger partial charge in [0.1, 0.15) is 24.5 Å². The Labute approximate surface area is 129 Å². The third-order valence-corrected chi connectivity index (χ3v) is 5.60. The average molecular weight is 381 g/mol. The molecule has 0 aliphatic carbocycles. The predicted molar refractivity (Wildman–Crippen MR) is 69.7 cm³/mol. The topological polar surface area (TPSA) is 237 Å². The Morgan fingerprint density at radius 3 is 2.17 bits per heavy atom. The van der Waals surface area contributed by atoms with Crippen LogP contribution in [0.1, 0.15) is 0 Å². The van der Waals surface area contributed by atoms with Gasteiger partial charge < -0.3 is 45.6 Å². The Bertz CT molecular complexity index is 547. The third-order valence-electron chi connectivity index (χ3n) is 3.04. The van der Waals surface area contributed by atoms with Crippen molar-refractivity contribution in [3.05, 3.63) is 0 Å². The van der Waals surface area contributed by atoms with Gasteiger partial charge in [0.05, 0.1) is 12.6 Å². The van der Waals surface area contributed by atoms with E-state index in [1.54, 1.807) is 0 Å². The lowest BCUT2D eigenvalue weighted by molar-refractivity contribution is -0.296. The average Bonchev–Trinajstić information content (AvgIpc) is 2.37. The Hall–Kier alpha value is -0.270. The van der Waals surface area contributed by atoms with Gasteiger partial charge in [0.15, 0.2) is 0 Å². The molecule has 1 heterocycles. The molecule has 0 radical (unpaired) electrons. The number of ether oxygens (including phenoxy) is 1. The second kappa shape index (κ2) is 6.92. The lowest BCUT2D eigenvalue weighted by atomic mass is 9.89. The van der Waals surface area contributed by atoms with E-state index in [1.807, 2.05) is 0 Å². The van der Waals surface area contributed by atoms with E-state index in [2.05, 4.69) is 4.31 Å². The molecule has 1 saturated heterocycles. The molecule has 13 nitrogen and oxygen atoms in total. The highest BCUT2D eigenvalue weighted by atomic mass is 31.3. The van der Waals surface area contributed by atoms with Crippen LogP contribution in [0.25, 0.3) is 0 Å². The summed E-state index contributed by atoms with van der Waals surface area (Å²) in [5.74, 6) is -4.74. The lowest BCUT2D eigenvalue weighted by Crippen LogP contribution is -2.71. The van der Waals surface area contributed by atoms with E-state index in [1.165, 1.54) is 0 Å². The minimum absolute atomic E-state index is 0.934. The highest BCUT2D eigenvalue weighted by molar-refractivity contribution is 7.64. The number of ketones is 1. The van der Waals surface area contributed by atoms with Crippen LogP contribution < -0.4 is 5.73 Å². The van der Waals surface area contributed by atoms with Crippen LogP contribution in [0.4, 0.5) is 0 Å². The number of phosphoric acid groups is 1. The molecule has 0 amide bonds. The molecule has 0 spiro atoms. The molecular formula is C8H17NO12P2. The van der Waals surface area contributed by atoms with E-state index in [0.29, 0.717) is 0 Å². The van der Waals surface area contributed by atoms with Gasteiger partial charge in [-0.05, 0) is 0 Å². The normalized spacial score (nSPS) is 38.1. The number of rotatable bonds is 6. The summed E-state index contributed by atoms with van der Waals surface area (Å²) in [4.78, 5) is 38.1. The van der Waals surface area contributed by atoms with Gasteiger partial charge in [-0.25, -0.2) is 8.88 Å². The van der Waals surface area contributed by atoms with Crippen LogP contribution in [0.5, 0.6) is 0 Å². The molecule has 1 fully saturated rings. The van der Waals surface area contributed by atoms with E-state index < -0.39 is 64.1 Å². The van der Waals surface area contributed by atoms with Gasteiger partial charge in [-0.1, -0.05) is 0 Å². The maximum Gasteiger partial charge on any atom is 0.476 e. The second-order valence-electron chi connectivity index (χ2n) is 4.83. The fraction of sp³-hybridized carbons (Fsp3) is 0.875. The Kier molecular flexibility index (Phi) is 6.25. The molecule has 1 rings (SSSR count). The van der Waals surface area contributed by atoms with Crippen LogP contribution in [-0.4, -0.2) is 83.8 Å². The molecule has 6 atom stereocenters. The van der Waals surface area contributed by atoms with Gasteiger partial charge in [-0.2, -0.15) is 0 Å². The monoisotopic (exact) mass is 381 g/mol. The van der Waals surface area contributed by atoms with Crippen molar-refractivity contribution in [3.63, 3.8) is 0 Å². The van der Waals surface area contributed by atoms with Crippen molar-refractivity contribution in [2.45, 2.75) is 30.1 Å². The summed E-state index contributed by atoms with van der Waals surface area (Å²) >= 11 is 0. The van der Waals surface area contributed by atoms with Crippen molar-refractivity contribution in [3.8, 4) is 0 Å². The van der Waals surface area contributed by atoms with E-state index in [-0.39, 0.29) is 0 Å². The third kappa shape index (κ3) is 4.86. The first kappa shape index (κ1) is 20.8. The van der Waals surface area contributed by atoms with Gasteiger partial charge in [0.2, 0.25) is 11.6 Å². The van der Waals surface area contributed by atoms with E-state index in [4.69, 9.17) is 25.4 Å². The van der Waals surface area contributed by atoms with E-state index >= 15 is 0 Å². The molecule has 2 unspecified atom stereocenters. The molecule has 0 aromatic rings. The van der Waals surface area contributed by atoms with Gasteiger partial charge in [0.25, 0.3) is 0 Å². The quantitative estimate of drug-likeness (QED) is 0.205. The smallest absolute Gasteiger partial charge is 0.394 e. The molecular weight excluding hydrogens is 364 g/mol. The largest absolute Gasteiger partial charge is 0.476 e. The number of carbonyl (C=O) groups excluding carboxylic acids is 1. The zero-order valence-electron chi connectivity index (χ0n) is 11.4. The van der Waals surface area contributed by atoms with Crippen LogP contribution in [0.3, 0.4) is 0 Å². The van der Waals surface area contributed by atoms with Crippen molar-refractivity contribution in [2.24, 2.45) is 5.73 Å². The highest BCUT2D eigenvalue weighted by Gasteiger charge is 2.57. The number of carbonyl (C=O) groups is 1. The molecule has 0 bridgehead atoms. The van der Waals surface area contributed by atoms with E-state index in [0.717, 1.165) is 0 Å². The van der Waals surface area contributed by atoms with Gasteiger partial charge in [-0.15, -0.1) is 0 Å². The SMILES string of the molecule is N[C@@H]1[C@@H](O)[C@H](O)[C@@H](CO)OC1(O)C(=O)CP(=O)(O)OP(=O)(O)O. The zero-order valence-corrected chi connectivity index (χ0v) is 13.2. The number of hydrogen-bond donors (Lipinski definition) is 8. The maximum atomic E-state index is 12.0. The summed E-state index contributed by atoms with van der Waals surface area (Å²) in [5, 5.41) is 38.3. The van der Waals surface area contributed by atoms with Crippen LogP contribution >= 0.6 is 15.4 Å². The van der Waals surface area contributed by atoms with Crippen molar-refractivity contribution in [1.82, 2.24) is 0 Å². The van der Waals surface area contributed by atoms with Crippen molar-refractivity contribution >= 4 is 21.2 Å². The standard InChI is InChI=1S/C8H17NO12P2/c9-7-6(13)5(12)3(1-10)20-8(7,14)4(11)2-22(15,16)21-23(17,18)19/h3,5-7,10,12-14H,1-2,9H2,(H,15,16)(H2,17,18,19)/t3-,5-,6+,7-,8?/m1/s1. The van der Waals surface area contributed by atoms with E-state index in [9.17, 15) is 34.1 Å². The summed E-state index contributed by atoms with van der Waals surface area (Å²) < 4.78 is 30.3.